The van der Waals surface area contributed by atoms with Crippen LogP contribution in [0.5, 0.6) is 5.75 Å². The Morgan fingerprint density at radius 1 is 0.891 bits per heavy atom. The van der Waals surface area contributed by atoms with Gasteiger partial charge in [-0.2, -0.15) is 0 Å². The van der Waals surface area contributed by atoms with Crippen molar-refractivity contribution in [1.29, 1.82) is 0 Å². The molecule has 4 aromatic rings. The van der Waals surface area contributed by atoms with Crippen LogP contribution in [0.3, 0.4) is 0 Å². The molecule has 298 valence electrons. The van der Waals surface area contributed by atoms with Crippen molar-refractivity contribution in [3.05, 3.63) is 77.4 Å². The number of ether oxygens (including phenoxy) is 3. The monoisotopic (exact) mass is 752 g/mol. The summed E-state index contributed by atoms with van der Waals surface area (Å²) in [6, 6.07) is 21.8. The first-order chi connectivity index (χ1) is 27.0. The maximum absolute atomic E-state index is 13.3. The number of carbonyl (C=O) groups excluding carboxylic acids is 1. The summed E-state index contributed by atoms with van der Waals surface area (Å²) in [6.07, 6.45) is 8.59. The third kappa shape index (κ3) is 10.0. The van der Waals surface area contributed by atoms with Crippen LogP contribution in [0.1, 0.15) is 93.1 Å². The predicted molar refractivity (Wildman–Crippen MR) is 227 cm³/mol. The average molecular weight is 752 g/mol. The van der Waals surface area contributed by atoms with Gasteiger partial charge in [-0.1, -0.05) is 52.5 Å². The number of anilines is 2. The zero-order chi connectivity index (χ0) is 38.6. The standard InChI is InChI=1S/C44H59N5O4.C2H6/c1-4-5-20-46(2)37-14-18-40(49-24-28-52-29-25-49)36(30-37)32-53-38-15-11-34(12-16-38)43-42(33-9-7-6-8-10-33)39-17-13-35(31-41(39)47(43)3)44(50)45-19-21-48-22-26-51-27-23-48;1-2/h11-18,30-31,33H,4-10,19-29,32H2,1-3H3,(H,45,50);1-2H3. The maximum Gasteiger partial charge on any atom is 0.251 e. The van der Waals surface area contributed by atoms with E-state index < -0.39 is 0 Å². The van der Waals surface area contributed by atoms with Crippen molar-refractivity contribution < 1.29 is 19.0 Å². The number of nitrogens with zero attached hydrogens (tertiary/aromatic N) is 4. The second kappa shape index (κ2) is 20.2. The number of amides is 1. The van der Waals surface area contributed by atoms with Gasteiger partial charge in [0.05, 0.1) is 32.1 Å². The van der Waals surface area contributed by atoms with Crippen molar-refractivity contribution in [1.82, 2.24) is 14.8 Å². The van der Waals surface area contributed by atoms with Crippen LogP contribution in [0, 0.1) is 0 Å². The second-order valence-electron chi connectivity index (χ2n) is 15.1. The fraction of sp³-hybridized carbons (Fsp3) is 0.543. The Morgan fingerprint density at radius 3 is 2.31 bits per heavy atom. The molecule has 3 fully saturated rings. The quantitative estimate of drug-likeness (QED) is 0.138. The van der Waals surface area contributed by atoms with Crippen molar-refractivity contribution in [2.75, 3.05) is 89.1 Å². The van der Waals surface area contributed by atoms with Gasteiger partial charge < -0.3 is 33.9 Å². The minimum Gasteiger partial charge on any atom is -0.489 e. The lowest BCUT2D eigenvalue weighted by Gasteiger charge is -2.31. The number of carbonyl (C=O) groups is 1. The molecular formula is C46H65N5O4. The lowest BCUT2D eigenvalue weighted by molar-refractivity contribution is 0.0383. The molecule has 3 heterocycles. The van der Waals surface area contributed by atoms with Crippen molar-refractivity contribution in [3.8, 4) is 17.0 Å². The van der Waals surface area contributed by atoms with Crippen LogP contribution in [0.25, 0.3) is 22.2 Å². The fourth-order valence-corrected chi connectivity index (χ4v) is 8.45. The number of hydrogen-bond acceptors (Lipinski definition) is 7. The Labute approximate surface area is 329 Å². The Balaban J connectivity index is 0.00000253. The van der Waals surface area contributed by atoms with Crippen molar-refractivity contribution in [2.24, 2.45) is 7.05 Å². The molecule has 1 amide bonds. The van der Waals surface area contributed by atoms with Gasteiger partial charge in [-0.05, 0) is 90.9 Å². The SMILES string of the molecule is CC.CCCCN(C)c1ccc(N2CCOCC2)c(COc2ccc(-c3c(C4CCCCC4)c4ccc(C(=O)NCCN5CCOCC5)cc4n3C)cc2)c1. The highest BCUT2D eigenvalue weighted by Gasteiger charge is 2.26. The molecule has 7 rings (SSSR count). The van der Waals surface area contributed by atoms with E-state index in [1.165, 1.54) is 84.1 Å². The minimum absolute atomic E-state index is 0.0152. The number of unbranched alkanes of at least 4 members (excludes halogenated alkanes) is 1. The lowest BCUT2D eigenvalue weighted by atomic mass is 9.82. The van der Waals surface area contributed by atoms with Gasteiger partial charge in [-0.25, -0.2) is 0 Å². The molecule has 2 saturated heterocycles. The largest absolute Gasteiger partial charge is 0.489 e. The lowest BCUT2D eigenvalue weighted by Crippen LogP contribution is -2.41. The topological polar surface area (TPSA) is 71.4 Å². The third-order valence-electron chi connectivity index (χ3n) is 11.6. The average Bonchev–Trinajstić information content (AvgIpc) is 3.54. The maximum atomic E-state index is 13.3. The highest BCUT2D eigenvalue weighted by Crippen LogP contribution is 2.44. The van der Waals surface area contributed by atoms with E-state index >= 15 is 0 Å². The van der Waals surface area contributed by atoms with Crippen LogP contribution in [-0.2, 0) is 23.1 Å². The fourth-order valence-electron chi connectivity index (χ4n) is 8.45. The molecule has 3 aromatic carbocycles. The van der Waals surface area contributed by atoms with Gasteiger partial charge in [0.2, 0.25) is 0 Å². The van der Waals surface area contributed by atoms with Gasteiger partial charge >= 0.3 is 0 Å². The molecule has 0 atom stereocenters. The summed E-state index contributed by atoms with van der Waals surface area (Å²) in [5.74, 6) is 1.35. The molecule has 9 heteroatoms. The van der Waals surface area contributed by atoms with Crippen molar-refractivity contribution in [3.63, 3.8) is 0 Å². The first-order valence-corrected chi connectivity index (χ1v) is 21.1. The van der Waals surface area contributed by atoms with Gasteiger partial charge in [0.15, 0.2) is 0 Å². The van der Waals surface area contributed by atoms with E-state index in [1.807, 2.05) is 19.9 Å². The Morgan fingerprint density at radius 2 is 1.60 bits per heavy atom. The molecule has 1 aliphatic carbocycles. The second-order valence-corrected chi connectivity index (χ2v) is 15.1. The van der Waals surface area contributed by atoms with Gasteiger partial charge in [-0.15, -0.1) is 0 Å². The summed E-state index contributed by atoms with van der Waals surface area (Å²) in [6.45, 7) is 15.9. The molecular weight excluding hydrogens is 687 g/mol. The summed E-state index contributed by atoms with van der Waals surface area (Å²) in [7, 11) is 4.34. The smallest absolute Gasteiger partial charge is 0.251 e. The number of aromatic nitrogens is 1. The number of aryl methyl sites for hydroxylation is 1. The number of fused-ring (bicyclic) bond motifs is 1. The summed E-state index contributed by atoms with van der Waals surface area (Å²) in [5.41, 5.74) is 9.34. The van der Waals surface area contributed by atoms with E-state index in [1.54, 1.807) is 0 Å². The molecule has 9 nitrogen and oxygen atoms in total. The van der Waals surface area contributed by atoms with Crippen LogP contribution in [0.4, 0.5) is 11.4 Å². The Kier molecular flexibility index (Phi) is 14.9. The van der Waals surface area contributed by atoms with Gasteiger partial charge in [0, 0.05) is 93.3 Å². The third-order valence-corrected chi connectivity index (χ3v) is 11.6. The van der Waals surface area contributed by atoms with Crippen LogP contribution in [-0.4, -0.2) is 94.7 Å². The first kappa shape index (κ1) is 40.6. The van der Waals surface area contributed by atoms with Gasteiger partial charge in [0.25, 0.3) is 5.91 Å². The summed E-state index contributed by atoms with van der Waals surface area (Å²) in [4.78, 5) is 20.4. The van der Waals surface area contributed by atoms with E-state index in [4.69, 9.17) is 14.2 Å². The molecule has 55 heavy (non-hydrogen) atoms. The number of morpholine rings is 2. The van der Waals surface area contributed by atoms with Crippen LogP contribution in [0.15, 0.2) is 60.7 Å². The first-order valence-electron chi connectivity index (χ1n) is 21.1. The van der Waals surface area contributed by atoms with Crippen molar-refractivity contribution in [2.45, 2.75) is 78.2 Å². The van der Waals surface area contributed by atoms with Crippen molar-refractivity contribution >= 4 is 28.2 Å². The van der Waals surface area contributed by atoms with Crippen LogP contribution < -0.4 is 19.9 Å². The number of nitrogens with one attached hydrogen (secondary N) is 1. The summed E-state index contributed by atoms with van der Waals surface area (Å²) < 4.78 is 20.0. The summed E-state index contributed by atoms with van der Waals surface area (Å²) >= 11 is 0. The number of rotatable bonds is 14. The minimum atomic E-state index is -0.0152. The Bertz CT molecular complexity index is 1800. The van der Waals surface area contributed by atoms with Crippen LogP contribution >= 0.6 is 0 Å². The number of hydrogen-bond donors (Lipinski definition) is 1. The Hall–Kier alpha value is -4.05. The molecule has 3 aliphatic rings. The molecule has 1 aromatic heterocycles. The molecule has 1 saturated carbocycles. The van der Waals surface area contributed by atoms with Gasteiger partial charge in [-0.3, -0.25) is 9.69 Å². The van der Waals surface area contributed by atoms with Gasteiger partial charge in [0.1, 0.15) is 12.4 Å². The summed E-state index contributed by atoms with van der Waals surface area (Å²) in [5, 5.41) is 4.42. The molecule has 0 unspecified atom stereocenters. The molecule has 0 radical (unpaired) electrons. The highest BCUT2D eigenvalue weighted by atomic mass is 16.5. The molecule has 1 N–H and O–H groups in total. The number of benzene rings is 3. The molecule has 0 bridgehead atoms. The normalized spacial score (nSPS) is 16.8. The van der Waals surface area contributed by atoms with E-state index in [2.05, 4.69) is 100 Å². The van der Waals surface area contributed by atoms with E-state index in [0.29, 0.717) is 24.6 Å². The van der Waals surface area contributed by atoms with E-state index in [-0.39, 0.29) is 5.91 Å². The molecule has 2 aliphatic heterocycles. The van der Waals surface area contributed by atoms with E-state index in [9.17, 15) is 4.79 Å². The zero-order valence-electron chi connectivity index (χ0n) is 34.2. The van der Waals surface area contributed by atoms with E-state index in [0.717, 1.165) is 77.0 Å². The predicted octanol–water partition coefficient (Wildman–Crippen LogP) is 8.63. The zero-order valence-corrected chi connectivity index (χ0v) is 34.2. The van der Waals surface area contributed by atoms with Crippen LogP contribution in [0.2, 0.25) is 0 Å². The highest BCUT2D eigenvalue weighted by molar-refractivity contribution is 6.00. The molecule has 0 spiro atoms.